The summed E-state index contributed by atoms with van der Waals surface area (Å²) in [6, 6.07) is 3.92. The van der Waals surface area contributed by atoms with Crippen LogP contribution in [0.3, 0.4) is 0 Å². The zero-order valence-electron chi connectivity index (χ0n) is 15.1. The van der Waals surface area contributed by atoms with Gasteiger partial charge in [-0.2, -0.15) is 5.26 Å². The van der Waals surface area contributed by atoms with E-state index in [-0.39, 0.29) is 18.1 Å². The molecule has 0 saturated heterocycles. The van der Waals surface area contributed by atoms with Crippen molar-refractivity contribution in [3.63, 3.8) is 0 Å². The van der Waals surface area contributed by atoms with Crippen molar-refractivity contribution < 1.29 is 9.53 Å². The van der Waals surface area contributed by atoms with Crippen LogP contribution in [0.25, 0.3) is 6.08 Å². The topological polar surface area (TPSA) is 55.0 Å². The molecule has 0 radical (unpaired) electrons. The summed E-state index contributed by atoms with van der Waals surface area (Å²) in [7, 11) is 0. The van der Waals surface area contributed by atoms with Crippen LogP contribution in [-0.2, 0) is 16.1 Å². The second kappa shape index (κ2) is 7.85. The van der Waals surface area contributed by atoms with Crippen molar-refractivity contribution in [2.24, 2.45) is 11.8 Å². The van der Waals surface area contributed by atoms with Gasteiger partial charge < -0.3 is 9.30 Å². The van der Waals surface area contributed by atoms with Gasteiger partial charge in [-0.25, -0.2) is 4.79 Å². The first-order valence-corrected chi connectivity index (χ1v) is 9.24. The van der Waals surface area contributed by atoms with Crippen LogP contribution in [0.5, 0.6) is 0 Å². The number of aromatic nitrogens is 1. The zero-order valence-corrected chi connectivity index (χ0v) is 16.6. The van der Waals surface area contributed by atoms with E-state index >= 15 is 0 Å². The Morgan fingerprint density at radius 1 is 1.52 bits per heavy atom. The lowest BCUT2D eigenvalue weighted by Gasteiger charge is -2.11. The molecule has 6 heteroatoms. The first kappa shape index (κ1) is 19.9. The lowest BCUT2D eigenvalue weighted by Crippen LogP contribution is -2.11. The van der Waals surface area contributed by atoms with Gasteiger partial charge in [0.2, 0.25) is 0 Å². The minimum Gasteiger partial charge on any atom is -0.461 e. The maximum Gasteiger partial charge on any atom is 0.348 e. The highest BCUT2D eigenvalue weighted by atomic mass is 35.5. The summed E-state index contributed by atoms with van der Waals surface area (Å²) in [5.74, 6) is -0.0745. The van der Waals surface area contributed by atoms with Crippen LogP contribution >= 0.6 is 23.2 Å². The van der Waals surface area contributed by atoms with E-state index in [0.29, 0.717) is 12.3 Å². The molecule has 0 spiro atoms. The molecule has 1 heterocycles. The Labute approximate surface area is 159 Å². The molecule has 1 aromatic heterocycles. The van der Waals surface area contributed by atoms with Crippen LogP contribution < -0.4 is 0 Å². The minimum absolute atomic E-state index is 0.0143. The number of hydrogen-bond acceptors (Lipinski definition) is 3. The molecule has 0 aliphatic heterocycles. The van der Waals surface area contributed by atoms with Gasteiger partial charge in [0.1, 0.15) is 16.0 Å². The predicted molar refractivity (Wildman–Crippen MR) is 100 cm³/mol. The maximum atomic E-state index is 12.1. The van der Waals surface area contributed by atoms with Gasteiger partial charge in [0, 0.05) is 23.9 Å². The quantitative estimate of drug-likeness (QED) is 0.294. The number of halogens is 2. The number of esters is 1. The van der Waals surface area contributed by atoms with Gasteiger partial charge in [0.05, 0.1) is 6.61 Å². The third-order valence-corrected chi connectivity index (χ3v) is 5.48. The molecule has 1 aromatic rings. The van der Waals surface area contributed by atoms with Crippen molar-refractivity contribution in [1.82, 2.24) is 4.57 Å². The lowest BCUT2D eigenvalue weighted by molar-refractivity contribution is -0.138. The average Bonchev–Trinajstić information content (AvgIpc) is 3.05. The van der Waals surface area contributed by atoms with Crippen molar-refractivity contribution in [3.8, 4) is 6.07 Å². The Morgan fingerprint density at radius 2 is 2.16 bits per heavy atom. The summed E-state index contributed by atoms with van der Waals surface area (Å²) in [5, 5.41) is 9.31. The maximum absolute atomic E-state index is 12.1. The number of ether oxygens (including phenoxy) is 1. The minimum atomic E-state index is -0.794. The van der Waals surface area contributed by atoms with E-state index in [4.69, 9.17) is 27.9 Å². The summed E-state index contributed by atoms with van der Waals surface area (Å²) in [6.07, 6.45) is 3.27. The summed E-state index contributed by atoms with van der Waals surface area (Å²) in [5.41, 5.74) is 3.01. The van der Waals surface area contributed by atoms with Crippen molar-refractivity contribution in [2.75, 3.05) is 6.61 Å². The molecule has 25 heavy (non-hydrogen) atoms. The van der Waals surface area contributed by atoms with Gasteiger partial charge in [-0.15, -0.1) is 23.2 Å². The third kappa shape index (κ3) is 5.03. The molecular weight excluding hydrogens is 359 g/mol. The number of rotatable bonds is 7. The second-order valence-corrected chi connectivity index (χ2v) is 8.63. The molecule has 1 aliphatic rings. The number of hydrogen-bond donors (Lipinski definition) is 0. The Balaban J connectivity index is 2.09. The van der Waals surface area contributed by atoms with Gasteiger partial charge in [-0.3, -0.25) is 0 Å². The van der Waals surface area contributed by atoms with E-state index in [2.05, 4.69) is 18.4 Å². The molecule has 1 aliphatic carbocycles. The molecule has 0 N–H and O–H groups in total. The van der Waals surface area contributed by atoms with Crippen molar-refractivity contribution >= 4 is 35.2 Å². The number of carbonyl (C=O) groups is 1. The Kier molecular flexibility index (Phi) is 6.24. The predicted octanol–water partition coefficient (Wildman–Crippen LogP) is 4.80. The van der Waals surface area contributed by atoms with E-state index in [1.807, 2.05) is 26.0 Å². The Morgan fingerprint density at radius 3 is 2.68 bits per heavy atom. The van der Waals surface area contributed by atoms with Crippen LogP contribution in [0, 0.1) is 37.0 Å². The fourth-order valence-electron chi connectivity index (χ4n) is 2.70. The highest BCUT2D eigenvalue weighted by Crippen LogP contribution is 2.53. The van der Waals surface area contributed by atoms with Crippen LogP contribution in [0.2, 0.25) is 0 Å². The molecule has 0 aromatic carbocycles. The molecule has 1 fully saturated rings. The second-order valence-electron chi connectivity index (χ2n) is 7.09. The number of nitrogens with zero attached hydrogens (tertiary/aromatic N) is 2. The van der Waals surface area contributed by atoms with E-state index in [0.717, 1.165) is 29.9 Å². The van der Waals surface area contributed by atoms with Gasteiger partial charge >= 0.3 is 5.97 Å². The highest BCUT2D eigenvalue weighted by Gasteiger charge is 2.52. The number of aryl methyl sites for hydroxylation is 1. The number of alkyl halides is 2. The largest absolute Gasteiger partial charge is 0.461 e. The van der Waals surface area contributed by atoms with E-state index in [9.17, 15) is 10.1 Å². The highest BCUT2D eigenvalue weighted by molar-refractivity contribution is 6.50. The molecule has 4 nitrogen and oxygen atoms in total. The SMILES string of the molecule is Cc1cc(/C=C(\C#N)C(=O)OC[C@H]2CC2(Cl)Cl)c(C)n1CCC(C)C. The van der Waals surface area contributed by atoms with Gasteiger partial charge in [0.15, 0.2) is 0 Å². The molecule has 0 unspecified atom stereocenters. The normalized spacial score (nSPS) is 19.0. The lowest BCUT2D eigenvalue weighted by atomic mass is 10.1. The molecular formula is C19H24Cl2N2O2. The number of carbonyl (C=O) groups excluding carboxylic acids is 1. The molecule has 136 valence electrons. The van der Waals surface area contributed by atoms with Gasteiger partial charge in [0.25, 0.3) is 0 Å². The summed E-state index contributed by atoms with van der Waals surface area (Å²) in [6.45, 7) is 9.47. The van der Waals surface area contributed by atoms with Gasteiger partial charge in [-0.1, -0.05) is 13.8 Å². The smallest absolute Gasteiger partial charge is 0.348 e. The summed E-state index contributed by atoms with van der Waals surface area (Å²) < 4.78 is 6.60. The van der Waals surface area contributed by atoms with Gasteiger partial charge in [-0.05, 0) is 50.3 Å². The molecule has 1 atom stereocenters. The van der Waals surface area contributed by atoms with Crippen LogP contribution in [0.1, 0.15) is 43.6 Å². The standard InChI is InChI=1S/C19H24Cl2N2O2/c1-12(2)5-6-23-13(3)7-15(14(23)4)8-16(10-22)18(24)25-11-17-9-19(17,20)21/h7-8,12,17H,5-6,9,11H2,1-4H3/b16-8+/t17-/m1/s1. The number of nitriles is 1. The third-order valence-electron chi connectivity index (χ3n) is 4.55. The van der Waals surface area contributed by atoms with Crippen LogP contribution in [0.4, 0.5) is 0 Å². The monoisotopic (exact) mass is 382 g/mol. The van der Waals surface area contributed by atoms with Crippen molar-refractivity contribution in [2.45, 2.75) is 51.4 Å². The van der Waals surface area contributed by atoms with Crippen LogP contribution in [0.15, 0.2) is 11.6 Å². The van der Waals surface area contributed by atoms with E-state index in [1.165, 1.54) is 0 Å². The summed E-state index contributed by atoms with van der Waals surface area (Å²) in [4.78, 5) is 12.1. The fraction of sp³-hybridized carbons (Fsp3) is 0.579. The zero-order chi connectivity index (χ0) is 18.8. The molecule has 0 amide bonds. The summed E-state index contributed by atoms with van der Waals surface area (Å²) >= 11 is 11.8. The first-order valence-electron chi connectivity index (χ1n) is 8.49. The Hall–Kier alpha value is -1.44. The van der Waals surface area contributed by atoms with E-state index in [1.54, 1.807) is 6.08 Å². The van der Waals surface area contributed by atoms with Crippen molar-refractivity contribution in [1.29, 1.82) is 5.26 Å². The molecule has 0 bridgehead atoms. The average molecular weight is 383 g/mol. The van der Waals surface area contributed by atoms with Crippen molar-refractivity contribution in [3.05, 3.63) is 28.6 Å². The fourth-order valence-corrected chi connectivity index (χ4v) is 3.20. The molecule has 1 saturated carbocycles. The van der Waals surface area contributed by atoms with E-state index < -0.39 is 10.3 Å². The molecule has 2 rings (SSSR count). The first-order chi connectivity index (χ1) is 11.7. The Bertz CT molecular complexity index is 727. The van der Waals surface area contributed by atoms with Crippen LogP contribution in [-0.4, -0.2) is 21.5 Å².